The molecule has 0 aliphatic heterocycles. The SMILES string of the molecule is Cc1cc(C)cc(NC(=O)c2ccc(Cl)c(NS(=O)(=O)c3ccccc3)c2)c1. The molecular formula is C21H19ClN2O3S. The van der Waals surface area contributed by atoms with Gasteiger partial charge in [0.15, 0.2) is 0 Å². The normalized spacial score (nSPS) is 11.1. The van der Waals surface area contributed by atoms with Crippen LogP contribution in [0.3, 0.4) is 0 Å². The predicted molar refractivity (Wildman–Crippen MR) is 113 cm³/mol. The van der Waals surface area contributed by atoms with E-state index in [0.717, 1.165) is 11.1 Å². The highest BCUT2D eigenvalue weighted by molar-refractivity contribution is 7.92. The highest BCUT2D eigenvalue weighted by atomic mass is 35.5. The Kier molecular flexibility index (Phi) is 5.72. The van der Waals surface area contributed by atoms with Crippen LogP contribution in [0.2, 0.25) is 5.02 Å². The Morgan fingerprint density at radius 2 is 1.54 bits per heavy atom. The number of sulfonamides is 1. The summed E-state index contributed by atoms with van der Waals surface area (Å²) in [4.78, 5) is 12.7. The van der Waals surface area contributed by atoms with E-state index in [2.05, 4.69) is 10.0 Å². The summed E-state index contributed by atoms with van der Waals surface area (Å²) < 4.78 is 27.5. The van der Waals surface area contributed by atoms with Crippen LogP contribution in [-0.4, -0.2) is 14.3 Å². The number of rotatable bonds is 5. The minimum absolute atomic E-state index is 0.108. The lowest BCUT2D eigenvalue weighted by atomic mass is 10.1. The van der Waals surface area contributed by atoms with Crippen LogP contribution in [0.15, 0.2) is 71.6 Å². The Hall–Kier alpha value is -2.83. The summed E-state index contributed by atoms with van der Waals surface area (Å²) in [5.74, 6) is -0.359. The first kappa shape index (κ1) is 19.9. The van der Waals surface area contributed by atoms with Crippen molar-refractivity contribution in [1.82, 2.24) is 0 Å². The Morgan fingerprint density at radius 1 is 0.893 bits per heavy atom. The number of amides is 1. The molecule has 0 fully saturated rings. The lowest BCUT2D eigenvalue weighted by Crippen LogP contribution is -2.15. The highest BCUT2D eigenvalue weighted by Crippen LogP contribution is 2.26. The molecule has 0 radical (unpaired) electrons. The van der Waals surface area contributed by atoms with E-state index in [0.29, 0.717) is 5.69 Å². The molecule has 0 bridgehead atoms. The van der Waals surface area contributed by atoms with Crippen molar-refractivity contribution >= 4 is 38.9 Å². The van der Waals surface area contributed by atoms with E-state index < -0.39 is 10.0 Å². The predicted octanol–water partition coefficient (Wildman–Crippen LogP) is 5.01. The molecule has 3 aromatic rings. The second-order valence-electron chi connectivity index (χ2n) is 6.44. The average Bonchev–Trinajstić information content (AvgIpc) is 2.63. The van der Waals surface area contributed by atoms with Gasteiger partial charge in [0.2, 0.25) is 0 Å². The summed E-state index contributed by atoms with van der Waals surface area (Å²) in [5, 5.41) is 3.02. The topological polar surface area (TPSA) is 75.3 Å². The van der Waals surface area contributed by atoms with Gasteiger partial charge in [0.05, 0.1) is 15.6 Å². The zero-order valence-electron chi connectivity index (χ0n) is 15.4. The Morgan fingerprint density at radius 3 is 2.18 bits per heavy atom. The number of hydrogen-bond donors (Lipinski definition) is 2. The van der Waals surface area contributed by atoms with Crippen molar-refractivity contribution in [2.45, 2.75) is 18.7 Å². The van der Waals surface area contributed by atoms with Crippen LogP contribution in [0.25, 0.3) is 0 Å². The van der Waals surface area contributed by atoms with Crippen molar-refractivity contribution < 1.29 is 13.2 Å². The molecule has 1 amide bonds. The molecule has 0 saturated carbocycles. The molecule has 0 saturated heterocycles. The molecule has 0 atom stereocenters. The van der Waals surface area contributed by atoms with E-state index in [9.17, 15) is 13.2 Å². The van der Waals surface area contributed by atoms with Gasteiger partial charge in [-0.3, -0.25) is 9.52 Å². The van der Waals surface area contributed by atoms with Crippen molar-refractivity contribution in [1.29, 1.82) is 0 Å². The molecule has 0 aliphatic rings. The maximum Gasteiger partial charge on any atom is 0.261 e. The molecule has 3 rings (SSSR count). The van der Waals surface area contributed by atoms with Crippen molar-refractivity contribution in [3.63, 3.8) is 0 Å². The standard InChI is InChI=1S/C21H19ClN2O3S/c1-14-10-15(2)12-17(11-14)23-21(25)16-8-9-19(22)20(13-16)24-28(26,27)18-6-4-3-5-7-18/h3-13,24H,1-2H3,(H,23,25). The third-order valence-electron chi connectivity index (χ3n) is 4.01. The summed E-state index contributed by atoms with van der Waals surface area (Å²) in [6.45, 7) is 3.89. The maximum atomic E-state index is 12.6. The van der Waals surface area contributed by atoms with Crippen LogP contribution in [0.5, 0.6) is 0 Å². The van der Waals surface area contributed by atoms with Gasteiger partial charge in [-0.25, -0.2) is 8.42 Å². The molecule has 0 spiro atoms. The lowest BCUT2D eigenvalue weighted by molar-refractivity contribution is 0.102. The van der Waals surface area contributed by atoms with Gasteiger partial charge in [-0.15, -0.1) is 0 Å². The number of aryl methyl sites for hydroxylation is 2. The molecule has 0 aliphatic carbocycles. The minimum atomic E-state index is -3.81. The fraction of sp³-hybridized carbons (Fsp3) is 0.0952. The Balaban J connectivity index is 1.86. The van der Waals surface area contributed by atoms with Crippen molar-refractivity contribution in [3.8, 4) is 0 Å². The first-order valence-corrected chi connectivity index (χ1v) is 10.4. The molecule has 0 heterocycles. The average molecular weight is 415 g/mol. The van der Waals surface area contributed by atoms with E-state index in [1.54, 1.807) is 24.3 Å². The molecule has 144 valence electrons. The number of halogens is 1. The minimum Gasteiger partial charge on any atom is -0.322 e. The quantitative estimate of drug-likeness (QED) is 0.616. The van der Waals surface area contributed by atoms with Crippen LogP contribution >= 0.6 is 11.6 Å². The molecule has 7 heteroatoms. The van der Waals surface area contributed by atoms with Crippen LogP contribution in [0.1, 0.15) is 21.5 Å². The van der Waals surface area contributed by atoms with Gasteiger partial charge in [0.25, 0.3) is 15.9 Å². The Labute approximate surface area is 169 Å². The first-order valence-electron chi connectivity index (χ1n) is 8.52. The number of nitrogens with one attached hydrogen (secondary N) is 2. The van der Waals surface area contributed by atoms with Gasteiger partial charge in [-0.2, -0.15) is 0 Å². The molecule has 28 heavy (non-hydrogen) atoms. The van der Waals surface area contributed by atoms with Crippen LogP contribution in [-0.2, 0) is 10.0 Å². The Bertz CT molecular complexity index is 1110. The van der Waals surface area contributed by atoms with Crippen molar-refractivity contribution in [2.24, 2.45) is 0 Å². The smallest absolute Gasteiger partial charge is 0.261 e. The van der Waals surface area contributed by atoms with Crippen molar-refractivity contribution in [2.75, 3.05) is 10.0 Å². The molecular weight excluding hydrogens is 396 g/mol. The van der Waals surface area contributed by atoms with Gasteiger partial charge in [-0.05, 0) is 67.4 Å². The number of hydrogen-bond acceptors (Lipinski definition) is 3. The molecule has 2 N–H and O–H groups in total. The largest absolute Gasteiger partial charge is 0.322 e. The number of carbonyl (C=O) groups excluding carboxylic acids is 1. The molecule has 5 nitrogen and oxygen atoms in total. The number of anilines is 2. The van der Waals surface area contributed by atoms with Crippen LogP contribution < -0.4 is 10.0 Å². The number of carbonyl (C=O) groups is 1. The van der Waals surface area contributed by atoms with Gasteiger partial charge < -0.3 is 5.32 Å². The second kappa shape index (κ2) is 8.04. The summed E-state index contributed by atoms with van der Waals surface area (Å²) >= 11 is 6.14. The fourth-order valence-corrected chi connectivity index (χ4v) is 4.11. The van der Waals surface area contributed by atoms with Gasteiger partial charge in [0, 0.05) is 11.3 Å². The summed E-state index contributed by atoms with van der Waals surface area (Å²) in [7, 11) is -3.81. The molecule has 0 unspecified atom stereocenters. The van der Waals surface area contributed by atoms with Gasteiger partial charge in [0.1, 0.15) is 0 Å². The molecule has 0 aromatic heterocycles. The maximum absolute atomic E-state index is 12.6. The zero-order valence-corrected chi connectivity index (χ0v) is 16.9. The highest BCUT2D eigenvalue weighted by Gasteiger charge is 2.17. The second-order valence-corrected chi connectivity index (χ2v) is 8.53. The van der Waals surface area contributed by atoms with Crippen LogP contribution in [0, 0.1) is 13.8 Å². The third-order valence-corrected chi connectivity index (χ3v) is 5.72. The summed E-state index contributed by atoms with van der Waals surface area (Å²) in [5.41, 5.74) is 3.15. The van der Waals surface area contributed by atoms with Gasteiger partial charge >= 0.3 is 0 Å². The van der Waals surface area contributed by atoms with E-state index in [1.807, 2.05) is 32.0 Å². The first-order chi connectivity index (χ1) is 13.2. The third kappa shape index (κ3) is 4.71. The lowest BCUT2D eigenvalue weighted by Gasteiger charge is -2.12. The molecule has 3 aromatic carbocycles. The monoisotopic (exact) mass is 414 g/mol. The van der Waals surface area contributed by atoms with E-state index >= 15 is 0 Å². The van der Waals surface area contributed by atoms with E-state index in [4.69, 9.17) is 11.6 Å². The van der Waals surface area contributed by atoms with E-state index in [-0.39, 0.29) is 27.1 Å². The summed E-state index contributed by atoms with van der Waals surface area (Å²) in [6.07, 6.45) is 0. The van der Waals surface area contributed by atoms with E-state index in [1.165, 1.54) is 24.3 Å². The van der Waals surface area contributed by atoms with Crippen LogP contribution in [0.4, 0.5) is 11.4 Å². The zero-order chi connectivity index (χ0) is 20.3. The fourth-order valence-electron chi connectivity index (χ4n) is 2.80. The summed E-state index contributed by atoms with van der Waals surface area (Å²) in [6, 6.07) is 18.1. The van der Waals surface area contributed by atoms with Crippen molar-refractivity contribution in [3.05, 3.63) is 88.4 Å². The van der Waals surface area contributed by atoms with Gasteiger partial charge in [-0.1, -0.05) is 35.9 Å². The number of benzene rings is 3.